The number of pyridine rings is 1. The van der Waals surface area contributed by atoms with Crippen LogP contribution in [0.5, 0.6) is 0 Å². The van der Waals surface area contributed by atoms with E-state index in [1.54, 1.807) is 18.3 Å². The standard InChI is InChI=1S/C19H11FN.C5H8O2.Ir/c20-15-8-6-13-7-9-17-16(18(13)12-15)10-11-21-19(17)14-4-2-1-3-5-14;1-4(6)3-5(2)7;/h1-4,6-12H;3,6H,1-2H3;/q-1;;/p+1/b;4-3-;. The average molecular weight is 566 g/mol. The van der Waals surface area contributed by atoms with Gasteiger partial charge in [0, 0.05) is 26.3 Å². The number of halogens is 1. The Balaban J connectivity index is 0.000000327. The predicted molar refractivity (Wildman–Crippen MR) is 112 cm³/mol. The van der Waals surface area contributed by atoms with Gasteiger partial charge in [-0.25, -0.2) is 4.39 Å². The van der Waals surface area contributed by atoms with Gasteiger partial charge in [0.05, 0.1) is 18.8 Å². The quantitative estimate of drug-likeness (QED) is 0.107. The minimum atomic E-state index is -0.223. The number of aliphatic hydroxyl groups is 1. The van der Waals surface area contributed by atoms with Crippen molar-refractivity contribution in [3.05, 3.63) is 90.6 Å². The Labute approximate surface area is 182 Å². The molecule has 0 saturated heterocycles. The van der Waals surface area contributed by atoms with Gasteiger partial charge >= 0.3 is 5.78 Å². The van der Waals surface area contributed by atoms with Gasteiger partial charge in [-0.3, -0.25) is 4.79 Å². The van der Waals surface area contributed by atoms with E-state index in [4.69, 9.17) is 9.90 Å². The fourth-order valence-electron chi connectivity index (χ4n) is 3.01. The molecule has 1 radical (unpaired) electrons. The number of hydrogen-bond acceptors (Lipinski definition) is 2. The van der Waals surface area contributed by atoms with Crippen LogP contribution in [0.15, 0.2) is 78.7 Å². The smallest absolute Gasteiger partial charge is 0.316 e. The Morgan fingerprint density at radius 1 is 1.03 bits per heavy atom. The van der Waals surface area contributed by atoms with Gasteiger partial charge in [0.25, 0.3) is 0 Å². The molecule has 29 heavy (non-hydrogen) atoms. The summed E-state index contributed by atoms with van der Waals surface area (Å²) in [4.78, 5) is 12.9. The summed E-state index contributed by atoms with van der Waals surface area (Å²) in [7, 11) is 0. The van der Waals surface area contributed by atoms with E-state index in [2.05, 4.69) is 11.1 Å². The number of rotatable bonds is 2. The van der Waals surface area contributed by atoms with Crippen LogP contribution in [0.3, 0.4) is 0 Å². The zero-order valence-corrected chi connectivity index (χ0v) is 18.4. The van der Waals surface area contributed by atoms with Crippen molar-refractivity contribution < 1.29 is 34.4 Å². The van der Waals surface area contributed by atoms with Gasteiger partial charge in [-0.15, -0.1) is 35.9 Å². The fraction of sp³-hybridized carbons (Fsp3) is 0.0833. The van der Waals surface area contributed by atoms with Gasteiger partial charge in [0.15, 0.2) is 0 Å². The summed E-state index contributed by atoms with van der Waals surface area (Å²) >= 11 is 0. The van der Waals surface area contributed by atoms with E-state index >= 15 is 0 Å². The van der Waals surface area contributed by atoms with Crippen molar-refractivity contribution in [2.75, 3.05) is 0 Å². The van der Waals surface area contributed by atoms with Crippen molar-refractivity contribution in [3.8, 4) is 11.3 Å². The number of ketones is 1. The molecule has 4 aromatic rings. The van der Waals surface area contributed by atoms with Crippen molar-refractivity contribution in [3.63, 3.8) is 0 Å². The van der Waals surface area contributed by atoms with Crippen molar-refractivity contribution in [2.45, 2.75) is 13.8 Å². The molecule has 0 unspecified atom stereocenters. The maximum absolute atomic E-state index is 13.6. The molecule has 3 nitrogen and oxygen atoms in total. The van der Waals surface area contributed by atoms with E-state index in [0.717, 1.165) is 32.8 Å². The fourth-order valence-corrected chi connectivity index (χ4v) is 3.01. The molecule has 0 spiro atoms. The molecule has 0 aliphatic heterocycles. The van der Waals surface area contributed by atoms with Gasteiger partial charge in [-0.1, -0.05) is 18.2 Å². The van der Waals surface area contributed by atoms with E-state index < -0.39 is 0 Å². The third-order valence-electron chi connectivity index (χ3n) is 4.11. The largest absolute Gasteiger partial charge is 0.512 e. The molecule has 0 atom stereocenters. The van der Waals surface area contributed by atoms with Crippen LogP contribution in [0.25, 0.3) is 32.8 Å². The molecule has 0 aliphatic rings. The van der Waals surface area contributed by atoms with Crippen LogP contribution >= 0.6 is 0 Å². The Hall–Kier alpha value is -2.88. The summed E-state index contributed by atoms with van der Waals surface area (Å²) in [6.45, 7) is 3.00. The zero-order valence-electron chi connectivity index (χ0n) is 16.0. The SMILES string of the molecule is CC(=[OH+])/C=C(/C)O.Fc1ccc2ccc3c(-c4[c-]cccc4)nccc3c2c1.[Ir]. The molecule has 149 valence electrons. The van der Waals surface area contributed by atoms with E-state index in [0.29, 0.717) is 0 Å². The van der Waals surface area contributed by atoms with E-state index in [1.807, 2.05) is 42.5 Å². The van der Waals surface area contributed by atoms with Crippen LogP contribution in [0.2, 0.25) is 0 Å². The van der Waals surface area contributed by atoms with Crippen LogP contribution in [-0.4, -0.2) is 20.7 Å². The number of hydrogen-bond donors (Lipinski definition) is 1. The molecular formula is C24H20FIrNO2. The van der Waals surface area contributed by atoms with Gasteiger partial charge in [-0.05, 0) is 52.4 Å². The Morgan fingerprint density at radius 3 is 2.41 bits per heavy atom. The van der Waals surface area contributed by atoms with Crippen LogP contribution in [0.4, 0.5) is 4.39 Å². The van der Waals surface area contributed by atoms with Gasteiger partial charge in [0.1, 0.15) is 5.82 Å². The summed E-state index contributed by atoms with van der Waals surface area (Å²) in [6.07, 6.45) is 3.04. The second-order valence-corrected chi connectivity index (χ2v) is 6.39. The first kappa shape index (κ1) is 22.4. The van der Waals surface area contributed by atoms with Crippen LogP contribution < -0.4 is 0 Å². The Morgan fingerprint density at radius 2 is 1.79 bits per heavy atom. The van der Waals surface area contributed by atoms with Crippen LogP contribution in [-0.2, 0) is 20.1 Å². The normalized spacial score (nSPS) is 10.8. The topological polar surface area (TPSA) is 54.5 Å². The molecule has 0 fully saturated rings. The number of allylic oxidation sites excluding steroid dienone is 2. The second-order valence-electron chi connectivity index (χ2n) is 6.39. The van der Waals surface area contributed by atoms with Crippen molar-refractivity contribution in [1.29, 1.82) is 0 Å². The van der Waals surface area contributed by atoms with Crippen LogP contribution in [0, 0.1) is 11.9 Å². The third kappa shape index (κ3) is 5.56. The number of fused-ring (bicyclic) bond motifs is 3. The first-order valence-electron chi connectivity index (χ1n) is 8.79. The van der Waals surface area contributed by atoms with Gasteiger partial charge in [-0.2, -0.15) is 0 Å². The number of benzene rings is 3. The number of aliphatic hydroxyl groups excluding tert-OH is 1. The maximum atomic E-state index is 13.6. The second kappa shape index (κ2) is 10.1. The minimum Gasteiger partial charge on any atom is -0.512 e. The predicted octanol–water partition coefficient (Wildman–Crippen LogP) is 6.00. The Kier molecular flexibility index (Phi) is 7.77. The molecule has 0 aliphatic carbocycles. The molecular weight excluding hydrogens is 545 g/mol. The Bertz CT molecular complexity index is 1170. The van der Waals surface area contributed by atoms with Crippen LogP contribution in [0.1, 0.15) is 13.8 Å². The van der Waals surface area contributed by atoms with E-state index in [-0.39, 0.29) is 37.5 Å². The summed E-state index contributed by atoms with van der Waals surface area (Å²) in [5.41, 5.74) is 1.82. The molecule has 1 aromatic heterocycles. The summed E-state index contributed by atoms with van der Waals surface area (Å²) in [5.74, 6) is 0.0274. The first-order valence-corrected chi connectivity index (χ1v) is 8.79. The first-order chi connectivity index (χ1) is 13.5. The van der Waals surface area contributed by atoms with Gasteiger partial charge in [0.2, 0.25) is 0 Å². The molecule has 5 heteroatoms. The summed E-state index contributed by atoms with van der Waals surface area (Å²) < 4.78 is 13.6. The zero-order chi connectivity index (χ0) is 20.1. The molecule has 2 N–H and O–H groups in total. The van der Waals surface area contributed by atoms with E-state index in [1.165, 1.54) is 26.0 Å². The number of carbonyl (C=O) groups excluding carboxylic acids is 1. The minimum absolute atomic E-state index is 0. The van der Waals surface area contributed by atoms with E-state index in [9.17, 15) is 4.39 Å². The van der Waals surface area contributed by atoms with Crippen molar-refractivity contribution in [1.82, 2.24) is 4.98 Å². The molecule has 3 aromatic carbocycles. The van der Waals surface area contributed by atoms with Crippen molar-refractivity contribution >= 4 is 27.3 Å². The molecule has 1 heterocycles. The average Bonchev–Trinajstić information content (AvgIpc) is 2.67. The third-order valence-corrected chi connectivity index (χ3v) is 4.11. The molecule has 0 amide bonds. The molecule has 0 saturated carbocycles. The molecule has 0 bridgehead atoms. The van der Waals surface area contributed by atoms with Crippen molar-refractivity contribution in [2.24, 2.45) is 0 Å². The number of nitrogens with zero attached hydrogens (tertiary/aromatic N) is 1. The van der Waals surface area contributed by atoms with Gasteiger partial charge < -0.3 is 10.1 Å². The summed E-state index contributed by atoms with van der Waals surface area (Å²) in [5, 5.41) is 12.4. The molecule has 4 rings (SSSR count). The summed E-state index contributed by atoms with van der Waals surface area (Å²) in [6, 6.07) is 21.8. The maximum Gasteiger partial charge on any atom is 0.316 e. The number of aromatic nitrogens is 1. The monoisotopic (exact) mass is 566 g/mol.